The maximum atomic E-state index is 12.9. The van der Waals surface area contributed by atoms with E-state index in [9.17, 15) is 13.2 Å². The fraction of sp³-hybridized carbons (Fsp3) is 0.765. The Hall–Kier alpha value is -1.21. The molecule has 7 heteroatoms. The number of rotatable bonds is 5. The summed E-state index contributed by atoms with van der Waals surface area (Å²) >= 11 is 0. The molecule has 1 aliphatic rings. The summed E-state index contributed by atoms with van der Waals surface area (Å²) in [6, 6.07) is 1.73. The van der Waals surface area contributed by atoms with Gasteiger partial charge < -0.3 is 9.26 Å². The van der Waals surface area contributed by atoms with Crippen molar-refractivity contribution in [3.8, 4) is 0 Å². The minimum Gasteiger partial charge on any atom is -0.381 e. The zero-order chi connectivity index (χ0) is 18.2. The van der Waals surface area contributed by atoms with Crippen LogP contribution in [0.15, 0.2) is 10.6 Å². The van der Waals surface area contributed by atoms with Gasteiger partial charge in [0.1, 0.15) is 10.5 Å². The van der Waals surface area contributed by atoms with Crippen molar-refractivity contribution < 1.29 is 22.5 Å². The molecule has 6 nitrogen and oxygen atoms in total. The van der Waals surface area contributed by atoms with Crippen molar-refractivity contribution in [2.45, 2.75) is 69.3 Å². The molecule has 2 rings (SSSR count). The minimum atomic E-state index is -3.59. The van der Waals surface area contributed by atoms with Gasteiger partial charge in [0.25, 0.3) is 0 Å². The molecule has 0 saturated carbocycles. The van der Waals surface area contributed by atoms with Crippen LogP contribution in [-0.4, -0.2) is 42.6 Å². The van der Waals surface area contributed by atoms with E-state index in [2.05, 4.69) is 5.16 Å². The summed E-state index contributed by atoms with van der Waals surface area (Å²) in [4.78, 5) is 12.7. The topological polar surface area (TPSA) is 86.5 Å². The van der Waals surface area contributed by atoms with Crippen molar-refractivity contribution in [3.63, 3.8) is 0 Å². The van der Waals surface area contributed by atoms with Crippen molar-refractivity contribution >= 4 is 15.6 Å². The highest BCUT2D eigenvalue weighted by atomic mass is 32.2. The number of ether oxygens (including phenoxy) is 1. The molecule has 0 N–H and O–H groups in total. The molecule has 0 spiro atoms. The molecule has 0 bridgehead atoms. The molecular weight excluding hydrogens is 330 g/mol. The molecule has 0 unspecified atom stereocenters. The highest BCUT2D eigenvalue weighted by molar-refractivity contribution is 7.94. The first kappa shape index (κ1) is 19.1. The van der Waals surface area contributed by atoms with Gasteiger partial charge in [0.2, 0.25) is 0 Å². The Morgan fingerprint density at radius 3 is 2.29 bits per heavy atom. The third kappa shape index (κ3) is 3.72. The number of hydrogen-bond donors (Lipinski definition) is 0. The lowest BCUT2D eigenvalue weighted by atomic mass is 9.92. The lowest BCUT2D eigenvalue weighted by Crippen LogP contribution is -2.48. The van der Waals surface area contributed by atoms with Gasteiger partial charge in [-0.1, -0.05) is 25.9 Å². The second kappa shape index (κ2) is 6.59. The second-order valence-corrected chi connectivity index (χ2v) is 10.7. The highest BCUT2D eigenvalue weighted by Crippen LogP contribution is 2.30. The summed E-state index contributed by atoms with van der Waals surface area (Å²) in [5.74, 6) is 0.318. The summed E-state index contributed by atoms with van der Waals surface area (Å²) in [6.45, 7) is 9.78. The fourth-order valence-electron chi connectivity index (χ4n) is 2.69. The summed E-state index contributed by atoms with van der Waals surface area (Å²) in [6.07, 6.45) is 0.837. The minimum absolute atomic E-state index is 0.0466. The molecule has 1 fully saturated rings. The van der Waals surface area contributed by atoms with Crippen molar-refractivity contribution in [3.05, 3.63) is 17.5 Å². The van der Waals surface area contributed by atoms with E-state index in [4.69, 9.17) is 9.26 Å². The average Bonchev–Trinajstić information content (AvgIpc) is 2.96. The smallest absolute Gasteiger partial charge is 0.165 e. The molecule has 24 heavy (non-hydrogen) atoms. The van der Waals surface area contributed by atoms with Crippen molar-refractivity contribution in [1.82, 2.24) is 5.16 Å². The number of ketones is 1. The predicted molar refractivity (Wildman–Crippen MR) is 90.8 cm³/mol. The number of sulfone groups is 1. The van der Waals surface area contributed by atoms with E-state index in [1.54, 1.807) is 6.07 Å². The Bertz CT molecular complexity index is 691. The SMILES string of the molecule is CC(C)(C)c1cc(CC(=O)C(C)(C)S(=O)(=O)C2CCOCC2)no1. The highest BCUT2D eigenvalue weighted by Gasteiger charge is 2.46. The Kier molecular flexibility index (Phi) is 5.25. The number of Topliss-reactive ketones (excluding diaryl/α,β-unsaturated/α-hetero) is 1. The maximum Gasteiger partial charge on any atom is 0.165 e. The van der Waals surface area contributed by atoms with Gasteiger partial charge in [-0.25, -0.2) is 8.42 Å². The molecule has 0 aromatic carbocycles. The third-order valence-corrected chi connectivity index (χ3v) is 7.63. The largest absolute Gasteiger partial charge is 0.381 e. The Labute approximate surface area is 143 Å². The van der Waals surface area contributed by atoms with Crippen LogP contribution >= 0.6 is 0 Å². The Morgan fingerprint density at radius 2 is 1.79 bits per heavy atom. The zero-order valence-corrected chi connectivity index (χ0v) is 15.9. The number of aromatic nitrogens is 1. The Morgan fingerprint density at radius 1 is 1.21 bits per heavy atom. The van der Waals surface area contributed by atoms with E-state index in [-0.39, 0.29) is 17.6 Å². The van der Waals surface area contributed by atoms with Gasteiger partial charge in [-0.15, -0.1) is 0 Å². The number of hydrogen-bond acceptors (Lipinski definition) is 6. The number of carbonyl (C=O) groups is 1. The van der Waals surface area contributed by atoms with E-state index in [1.165, 1.54) is 13.8 Å². The van der Waals surface area contributed by atoms with Crippen LogP contribution in [0.2, 0.25) is 0 Å². The van der Waals surface area contributed by atoms with E-state index in [0.717, 1.165) is 0 Å². The van der Waals surface area contributed by atoms with Gasteiger partial charge in [0.15, 0.2) is 15.6 Å². The summed E-state index contributed by atoms with van der Waals surface area (Å²) in [5.41, 5.74) is 0.262. The van der Waals surface area contributed by atoms with E-state index in [1.807, 2.05) is 20.8 Å². The van der Waals surface area contributed by atoms with Gasteiger partial charge >= 0.3 is 0 Å². The number of nitrogens with zero attached hydrogens (tertiary/aromatic N) is 1. The summed E-state index contributed by atoms with van der Waals surface area (Å²) in [7, 11) is -3.59. The van der Waals surface area contributed by atoms with E-state index in [0.29, 0.717) is 37.5 Å². The molecule has 1 aromatic heterocycles. The van der Waals surface area contributed by atoms with Gasteiger partial charge in [-0.2, -0.15) is 0 Å². The lowest BCUT2D eigenvalue weighted by Gasteiger charge is -2.31. The van der Waals surface area contributed by atoms with E-state index < -0.39 is 19.8 Å². The zero-order valence-electron chi connectivity index (χ0n) is 15.1. The van der Waals surface area contributed by atoms with Crippen LogP contribution in [0.3, 0.4) is 0 Å². The van der Waals surface area contributed by atoms with Crippen LogP contribution in [0.1, 0.15) is 58.9 Å². The van der Waals surface area contributed by atoms with Gasteiger partial charge in [0, 0.05) is 24.7 Å². The van der Waals surface area contributed by atoms with Crippen LogP contribution in [0, 0.1) is 0 Å². The van der Waals surface area contributed by atoms with Crippen LogP contribution in [0.4, 0.5) is 0 Å². The molecular formula is C17H27NO5S. The summed E-state index contributed by atoms with van der Waals surface area (Å²) < 4.78 is 34.8. The first-order valence-electron chi connectivity index (χ1n) is 8.27. The van der Waals surface area contributed by atoms with Crippen LogP contribution in [0.5, 0.6) is 0 Å². The first-order chi connectivity index (χ1) is 11.0. The molecule has 1 aromatic rings. The molecule has 2 heterocycles. The standard InChI is InChI=1S/C17H27NO5S/c1-16(2,3)15-11-12(18-23-15)10-14(19)17(4,5)24(20,21)13-6-8-22-9-7-13/h11,13H,6-10H2,1-5H3. The monoisotopic (exact) mass is 357 g/mol. The van der Waals surface area contributed by atoms with Gasteiger partial charge in [-0.05, 0) is 26.7 Å². The fourth-order valence-corrected chi connectivity index (χ4v) is 4.72. The molecule has 0 atom stereocenters. The maximum absolute atomic E-state index is 12.9. The Balaban J connectivity index is 2.16. The van der Waals surface area contributed by atoms with Crippen LogP contribution in [-0.2, 0) is 31.2 Å². The molecule has 1 aliphatic heterocycles. The third-order valence-electron chi connectivity index (χ3n) is 4.63. The lowest BCUT2D eigenvalue weighted by molar-refractivity contribution is -0.120. The second-order valence-electron chi connectivity index (χ2n) is 7.90. The molecule has 0 aliphatic carbocycles. The van der Waals surface area contributed by atoms with Gasteiger partial charge in [0.05, 0.1) is 17.4 Å². The molecule has 0 amide bonds. The average molecular weight is 357 g/mol. The van der Waals surface area contributed by atoms with Crippen molar-refractivity contribution in [2.75, 3.05) is 13.2 Å². The molecule has 0 radical (unpaired) electrons. The van der Waals surface area contributed by atoms with Crippen molar-refractivity contribution in [2.24, 2.45) is 0 Å². The molecule has 1 saturated heterocycles. The normalized spacial score (nSPS) is 17.9. The number of carbonyl (C=O) groups excluding carboxylic acids is 1. The quantitative estimate of drug-likeness (QED) is 0.804. The van der Waals surface area contributed by atoms with Gasteiger partial charge in [-0.3, -0.25) is 4.79 Å². The van der Waals surface area contributed by atoms with Crippen LogP contribution in [0.25, 0.3) is 0 Å². The molecule has 136 valence electrons. The van der Waals surface area contributed by atoms with Crippen LogP contribution < -0.4 is 0 Å². The predicted octanol–water partition coefficient (Wildman–Crippen LogP) is 2.46. The van der Waals surface area contributed by atoms with E-state index >= 15 is 0 Å². The van der Waals surface area contributed by atoms with Crippen molar-refractivity contribution in [1.29, 1.82) is 0 Å². The summed E-state index contributed by atoms with van der Waals surface area (Å²) in [5, 5.41) is 3.40. The first-order valence-corrected chi connectivity index (χ1v) is 9.81.